The maximum atomic E-state index is 8.81. The monoisotopic (exact) mass is 180 g/mol. The SMILES string of the molecule is CC(C)OB(O)OC(O)(O)CO. The summed E-state index contributed by atoms with van der Waals surface area (Å²) < 4.78 is 8.68. The lowest BCUT2D eigenvalue weighted by molar-refractivity contribution is -0.321. The van der Waals surface area contributed by atoms with Gasteiger partial charge in [-0.1, -0.05) is 0 Å². The van der Waals surface area contributed by atoms with Gasteiger partial charge in [0.1, 0.15) is 6.61 Å². The van der Waals surface area contributed by atoms with Crippen molar-refractivity contribution in [3.8, 4) is 0 Å². The summed E-state index contributed by atoms with van der Waals surface area (Å²) in [6.07, 6.45) is -0.325. The van der Waals surface area contributed by atoms with Crippen molar-refractivity contribution in [1.29, 1.82) is 0 Å². The van der Waals surface area contributed by atoms with Crippen molar-refractivity contribution in [2.75, 3.05) is 6.61 Å². The van der Waals surface area contributed by atoms with Crippen LogP contribution in [0.4, 0.5) is 0 Å². The van der Waals surface area contributed by atoms with Crippen LogP contribution in [-0.2, 0) is 9.31 Å². The Balaban J connectivity index is 3.75. The first kappa shape index (κ1) is 11.8. The van der Waals surface area contributed by atoms with Gasteiger partial charge in [-0.2, -0.15) is 0 Å². The summed E-state index contributed by atoms with van der Waals surface area (Å²) in [5.41, 5.74) is 0. The highest BCUT2D eigenvalue weighted by atomic mass is 16.8. The zero-order valence-electron chi connectivity index (χ0n) is 6.97. The molecule has 0 heterocycles. The van der Waals surface area contributed by atoms with E-state index < -0.39 is 19.9 Å². The van der Waals surface area contributed by atoms with E-state index in [9.17, 15) is 0 Å². The van der Waals surface area contributed by atoms with Gasteiger partial charge in [-0.05, 0) is 13.8 Å². The van der Waals surface area contributed by atoms with E-state index in [0.717, 1.165) is 0 Å². The van der Waals surface area contributed by atoms with Gasteiger partial charge in [0.05, 0.1) is 0 Å². The van der Waals surface area contributed by atoms with Gasteiger partial charge in [0.25, 0.3) is 5.97 Å². The summed E-state index contributed by atoms with van der Waals surface area (Å²) in [6.45, 7) is 2.20. The molecule has 0 radical (unpaired) electrons. The lowest BCUT2D eigenvalue weighted by Gasteiger charge is -2.21. The number of aliphatic hydroxyl groups excluding tert-OH is 1. The van der Waals surface area contributed by atoms with E-state index in [1.807, 2.05) is 0 Å². The Bertz CT molecular complexity index is 127. The zero-order valence-corrected chi connectivity index (χ0v) is 6.97. The van der Waals surface area contributed by atoms with Crippen molar-refractivity contribution >= 4 is 7.32 Å². The molecule has 0 aromatic heterocycles. The Morgan fingerprint density at radius 2 is 1.92 bits per heavy atom. The maximum Gasteiger partial charge on any atom is 0.640 e. The second kappa shape index (κ2) is 4.75. The fraction of sp³-hybridized carbons (Fsp3) is 1.00. The quantitative estimate of drug-likeness (QED) is 0.289. The van der Waals surface area contributed by atoms with Crippen molar-refractivity contribution < 1.29 is 29.7 Å². The third kappa shape index (κ3) is 5.47. The standard InChI is InChI=1S/C5H13BO6/c1-4(2)11-6(10)12-5(8,9)3-7/h4,7-10H,3H2,1-2H3. The molecule has 0 amide bonds. The van der Waals surface area contributed by atoms with Crippen molar-refractivity contribution in [3.05, 3.63) is 0 Å². The number of rotatable bonds is 5. The zero-order chi connectivity index (χ0) is 9.78. The second-order valence-electron chi connectivity index (χ2n) is 2.51. The van der Waals surface area contributed by atoms with Crippen LogP contribution in [-0.4, -0.2) is 46.3 Å². The highest BCUT2D eigenvalue weighted by molar-refractivity contribution is 6.34. The van der Waals surface area contributed by atoms with Gasteiger partial charge in [0.15, 0.2) is 0 Å². The topological polar surface area (TPSA) is 99.4 Å². The summed E-state index contributed by atoms with van der Waals surface area (Å²) in [4.78, 5) is 0. The molecule has 0 spiro atoms. The molecular weight excluding hydrogens is 167 g/mol. The first-order valence-electron chi connectivity index (χ1n) is 3.44. The molecule has 12 heavy (non-hydrogen) atoms. The molecule has 0 saturated carbocycles. The number of hydrogen-bond donors (Lipinski definition) is 4. The molecule has 0 aliphatic heterocycles. The lowest BCUT2D eigenvalue weighted by Crippen LogP contribution is -2.43. The largest absolute Gasteiger partial charge is 0.640 e. The molecule has 0 aliphatic carbocycles. The van der Waals surface area contributed by atoms with E-state index in [0.29, 0.717) is 0 Å². The molecule has 4 N–H and O–H groups in total. The van der Waals surface area contributed by atoms with Crippen molar-refractivity contribution in [2.45, 2.75) is 25.9 Å². The van der Waals surface area contributed by atoms with Crippen LogP contribution in [0.25, 0.3) is 0 Å². The molecule has 0 rings (SSSR count). The van der Waals surface area contributed by atoms with E-state index in [-0.39, 0.29) is 6.10 Å². The molecule has 0 aromatic carbocycles. The van der Waals surface area contributed by atoms with Crippen LogP contribution in [0.2, 0.25) is 0 Å². The Kier molecular flexibility index (Phi) is 4.69. The first-order valence-corrected chi connectivity index (χ1v) is 3.44. The highest BCUT2D eigenvalue weighted by Gasteiger charge is 2.32. The van der Waals surface area contributed by atoms with E-state index in [1.54, 1.807) is 13.8 Å². The Hall–Kier alpha value is -0.175. The number of hydrogen-bond acceptors (Lipinski definition) is 6. The Morgan fingerprint density at radius 1 is 1.42 bits per heavy atom. The van der Waals surface area contributed by atoms with E-state index in [2.05, 4.69) is 9.31 Å². The minimum Gasteiger partial charge on any atom is -0.401 e. The third-order valence-corrected chi connectivity index (χ3v) is 0.884. The van der Waals surface area contributed by atoms with Crippen LogP contribution >= 0.6 is 0 Å². The van der Waals surface area contributed by atoms with Crippen LogP contribution in [0.3, 0.4) is 0 Å². The molecule has 0 aromatic rings. The average Bonchev–Trinajstić information content (AvgIpc) is 1.84. The lowest BCUT2D eigenvalue weighted by atomic mass is 10.2. The molecule has 0 saturated heterocycles. The van der Waals surface area contributed by atoms with Gasteiger partial charge >= 0.3 is 7.32 Å². The molecule has 0 unspecified atom stereocenters. The van der Waals surface area contributed by atoms with E-state index in [1.165, 1.54) is 0 Å². The Labute approximate surface area is 70.5 Å². The predicted molar refractivity (Wildman–Crippen MR) is 39.5 cm³/mol. The van der Waals surface area contributed by atoms with E-state index >= 15 is 0 Å². The predicted octanol–water partition coefficient (Wildman–Crippen LogP) is -1.96. The molecule has 72 valence electrons. The van der Waals surface area contributed by atoms with Gasteiger partial charge < -0.3 is 29.7 Å². The second-order valence-corrected chi connectivity index (χ2v) is 2.51. The molecule has 0 aliphatic rings. The third-order valence-electron chi connectivity index (χ3n) is 0.884. The summed E-state index contributed by atoms with van der Waals surface area (Å²) >= 11 is 0. The van der Waals surface area contributed by atoms with Crippen LogP contribution in [0.5, 0.6) is 0 Å². The minimum atomic E-state index is -2.77. The highest BCUT2D eigenvalue weighted by Crippen LogP contribution is 2.03. The molecule has 0 fully saturated rings. The molecule has 0 atom stereocenters. The molecule has 6 nitrogen and oxygen atoms in total. The fourth-order valence-corrected chi connectivity index (χ4v) is 0.459. The summed E-state index contributed by atoms with van der Waals surface area (Å²) in [5, 5.41) is 34.4. The summed E-state index contributed by atoms with van der Waals surface area (Å²) in [5.74, 6) is -2.77. The van der Waals surface area contributed by atoms with Crippen LogP contribution in [0, 0.1) is 0 Å². The van der Waals surface area contributed by atoms with Gasteiger partial charge in [-0.3, -0.25) is 0 Å². The van der Waals surface area contributed by atoms with Gasteiger partial charge in [-0.25, -0.2) is 0 Å². The van der Waals surface area contributed by atoms with Crippen molar-refractivity contribution in [2.24, 2.45) is 0 Å². The van der Waals surface area contributed by atoms with Crippen molar-refractivity contribution in [3.63, 3.8) is 0 Å². The fourth-order valence-electron chi connectivity index (χ4n) is 0.459. The molecular formula is C5H13BO6. The van der Waals surface area contributed by atoms with Crippen LogP contribution in [0.1, 0.15) is 13.8 Å². The molecule has 0 bridgehead atoms. The summed E-state index contributed by atoms with van der Waals surface area (Å²) in [6, 6.07) is 0. The average molecular weight is 180 g/mol. The van der Waals surface area contributed by atoms with Gasteiger partial charge in [0.2, 0.25) is 0 Å². The van der Waals surface area contributed by atoms with Crippen molar-refractivity contribution in [1.82, 2.24) is 0 Å². The van der Waals surface area contributed by atoms with Gasteiger partial charge in [-0.15, -0.1) is 0 Å². The number of aliphatic hydroxyl groups is 3. The first-order chi connectivity index (χ1) is 5.37. The minimum absolute atomic E-state index is 0.325. The molecule has 7 heteroatoms. The summed E-state index contributed by atoms with van der Waals surface area (Å²) in [7, 11) is -1.77. The van der Waals surface area contributed by atoms with Crippen LogP contribution < -0.4 is 0 Å². The van der Waals surface area contributed by atoms with Gasteiger partial charge in [0, 0.05) is 6.10 Å². The normalized spacial score (nSPS) is 12.2. The maximum absolute atomic E-state index is 8.81. The van der Waals surface area contributed by atoms with E-state index in [4.69, 9.17) is 20.3 Å². The smallest absolute Gasteiger partial charge is 0.401 e. The Morgan fingerprint density at radius 3 is 2.25 bits per heavy atom. The van der Waals surface area contributed by atoms with Crippen LogP contribution in [0.15, 0.2) is 0 Å².